The quantitative estimate of drug-likeness (QED) is 0.519. The summed E-state index contributed by atoms with van der Waals surface area (Å²) in [5, 5.41) is 3.56. The Morgan fingerprint density at radius 2 is 1.87 bits per heavy atom. The van der Waals surface area contributed by atoms with Crippen LogP contribution in [0.25, 0.3) is 0 Å². The third-order valence-electron chi connectivity index (χ3n) is 4.47. The zero-order chi connectivity index (χ0) is 23.3. The molecule has 1 aromatic carbocycles. The van der Waals surface area contributed by atoms with E-state index in [1.54, 1.807) is 23.1 Å². The molecule has 4 N–H and O–H groups in total. The standard InChI is InChI=1S/C21H29Cl2N5O3/c1-12(2)10-27(8-7-17(29)25-16-9-14(22)5-6-15(16)23)18-19(24)28(11-13(3)4)21(31)26-20(18)30/h5-6,9,12-13H,7-8,10-11,24H2,1-4H3,(H,25,29)(H,26,30,31). The van der Waals surface area contributed by atoms with Crippen molar-refractivity contribution in [1.29, 1.82) is 0 Å². The van der Waals surface area contributed by atoms with Gasteiger partial charge in [-0.15, -0.1) is 0 Å². The van der Waals surface area contributed by atoms with Crippen LogP contribution in [0.2, 0.25) is 10.0 Å². The number of hydrogen-bond donors (Lipinski definition) is 3. The van der Waals surface area contributed by atoms with E-state index < -0.39 is 11.2 Å². The molecule has 2 aromatic rings. The minimum absolute atomic E-state index is 0.0811. The lowest BCUT2D eigenvalue weighted by atomic mass is 10.2. The minimum Gasteiger partial charge on any atom is -0.383 e. The number of nitrogen functional groups attached to an aromatic ring is 1. The van der Waals surface area contributed by atoms with Gasteiger partial charge in [0, 0.05) is 31.1 Å². The lowest BCUT2D eigenvalue weighted by Gasteiger charge is -2.28. The van der Waals surface area contributed by atoms with E-state index in [9.17, 15) is 14.4 Å². The smallest absolute Gasteiger partial charge is 0.330 e. The van der Waals surface area contributed by atoms with Crippen molar-refractivity contribution in [3.05, 3.63) is 49.1 Å². The first-order chi connectivity index (χ1) is 14.5. The van der Waals surface area contributed by atoms with Crippen LogP contribution in [0.1, 0.15) is 34.1 Å². The summed E-state index contributed by atoms with van der Waals surface area (Å²) in [5.41, 5.74) is 5.74. The third-order valence-corrected chi connectivity index (χ3v) is 5.04. The van der Waals surface area contributed by atoms with Gasteiger partial charge in [0.25, 0.3) is 5.56 Å². The van der Waals surface area contributed by atoms with Crippen molar-refractivity contribution in [2.24, 2.45) is 11.8 Å². The number of benzene rings is 1. The molecule has 0 unspecified atom stereocenters. The predicted octanol–water partition coefficient (Wildman–Crippen LogP) is 3.57. The molecule has 0 spiro atoms. The van der Waals surface area contributed by atoms with Crippen molar-refractivity contribution in [2.75, 3.05) is 29.0 Å². The molecule has 0 aliphatic heterocycles. The summed E-state index contributed by atoms with van der Waals surface area (Å²) in [6.07, 6.45) is 0.0811. The molecule has 0 saturated carbocycles. The minimum atomic E-state index is -0.568. The summed E-state index contributed by atoms with van der Waals surface area (Å²) in [4.78, 5) is 41.5. The Kier molecular flexibility index (Phi) is 8.59. The Labute approximate surface area is 191 Å². The van der Waals surface area contributed by atoms with Gasteiger partial charge in [-0.05, 0) is 30.0 Å². The summed E-state index contributed by atoms with van der Waals surface area (Å²) < 4.78 is 1.36. The van der Waals surface area contributed by atoms with Gasteiger partial charge in [0.15, 0.2) is 0 Å². The maximum atomic E-state index is 12.6. The fourth-order valence-corrected chi connectivity index (χ4v) is 3.54. The highest BCUT2D eigenvalue weighted by atomic mass is 35.5. The fraction of sp³-hybridized carbons (Fsp3) is 0.476. The zero-order valence-electron chi connectivity index (χ0n) is 18.2. The molecular formula is C21H29Cl2N5O3. The highest BCUT2D eigenvalue weighted by molar-refractivity contribution is 6.35. The molecule has 8 nitrogen and oxygen atoms in total. The number of nitrogens with zero attached hydrogens (tertiary/aromatic N) is 2. The number of nitrogens with two attached hydrogens (primary N) is 1. The number of hydrogen-bond acceptors (Lipinski definition) is 5. The zero-order valence-corrected chi connectivity index (χ0v) is 19.7. The van der Waals surface area contributed by atoms with E-state index in [2.05, 4.69) is 10.3 Å². The molecule has 170 valence electrons. The first-order valence-corrected chi connectivity index (χ1v) is 10.9. The first-order valence-electron chi connectivity index (χ1n) is 10.1. The molecule has 0 bridgehead atoms. The Morgan fingerprint density at radius 3 is 2.48 bits per heavy atom. The Bertz CT molecular complexity index is 1050. The summed E-state index contributed by atoms with van der Waals surface area (Å²) in [6, 6.07) is 4.80. The van der Waals surface area contributed by atoms with Gasteiger partial charge in [-0.3, -0.25) is 19.1 Å². The Morgan fingerprint density at radius 1 is 1.19 bits per heavy atom. The van der Waals surface area contributed by atoms with Crippen LogP contribution in [0.4, 0.5) is 17.2 Å². The van der Waals surface area contributed by atoms with E-state index in [4.69, 9.17) is 28.9 Å². The first kappa shape index (κ1) is 24.8. The van der Waals surface area contributed by atoms with E-state index in [1.807, 2.05) is 27.7 Å². The maximum absolute atomic E-state index is 12.6. The SMILES string of the molecule is CC(C)CN(CCC(=O)Nc1cc(Cl)ccc1Cl)c1c(N)n(CC(C)C)c(=O)[nH]c1=O. The van der Waals surface area contributed by atoms with E-state index >= 15 is 0 Å². The highest BCUT2D eigenvalue weighted by Gasteiger charge is 2.21. The third kappa shape index (κ3) is 6.77. The van der Waals surface area contributed by atoms with Gasteiger partial charge in [-0.25, -0.2) is 4.79 Å². The van der Waals surface area contributed by atoms with Crippen molar-refractivity contribution in [3.63, 3.8) is 0 Å². The Hall–Kier alpha value is -2.45. The summed E-state index contributed by atoms with van der Waals surface area (Å²) in [6.45, 7) is 8.98. The number of amides is 1. The highest BCUT2D eigenvalue weighted by Crippen LogP contribution is 2.26. The second-order valence-corrected chi connectivity index (χ2v) is 9.10. The van der Waals surface area contributed by atoms with Crippen LogP contribution in [0.5, 0.6) is 0 Å². The van der Waals surface area contributed by atoms with Crippen molar-refractivity contribution in [2.45, 2.75) is 40.7 Å². The van der Waals surface area contributed by atoms with Crippen LogP contribution in [-0.4, -0.2) is 28.5 Å². The van der Waals surface area contributed by atoms with Crippen LogP contribution in [0.3, 0.4) is 0 Å². The van der Waals surface area contributed by atoms with E-state index in [0.29, 0.717) is 28.8 Å². The monoisotopic (exact) mass is 469 g/mol. The number of halogens is 2. The average molecular weight is 470 g/mol. The molecule has 1 aromatic heterocycles. The number of aromatic nitrogens is 2. The van der Waals surface area contributed by atoms with Crippen molar-refractivity contribution >= 4 is 46.3 Å². The topological polar surface area (TPSA) is 113 Å². The molecule has 0 saturated heterocycles. The van der Waals surface area contributed by atoms with Gasteiger partial charge in [-0.1, -0.05) is 50.9 Å². The van der Waals surface area contributed by atoms with Crippen molar-refractivity contribution < 1.29 is 4.79 Å². The second-order valence-electron chi connectivity index (χ2n) is 8.26. The van der Waals surface area contributed by atoms with Crippen LogP contribution in [-0.2, 0) is 11.3 Å². The number of carbonyl (C=O) groups excluding carboxylic acids is 1. The summed E-state index contributed by atoms with van der Waals surface area (Å²) >= 11 is 12.1. The summed E-state index contributed by atoms with van der Waals surface area (Å²) in [7, 11) is 0. The molecule has 1 heterocycles. The van der Waals surface area contributed by atoms with Crippen molar-refractivity contribution in [1.82, 2.24) is 9.55 Å². The lowest BCUT2D eigenvalue weighted by Crippen LogP contribution is -2.41. The molecule has 1 amide bonds. The number of aromatic amines is 1. The normalized spacial score (nSPS) is 11.2. The van der Waals surface area contributed by atoms with Crippen LogP contribution in [0.15, 0.2) is 27.8 Å². The predicted molar refractivity (Wildman–Crippen MR) is 127 cm³/mol. The van der Waals surface area contributed by atoms with Crippen LogP contribution >= 0.6 is 23.2 Å². The van der Waals surface area contributed by atoms with E-state index in [1.165, 1.54) is 4.57 Å². The molecule has 2 rings (SSSR count). The number of carbonyl (C=O) groups is 1. The van der Waals surface area contributed by atoms with Crippen LogP contribution < -0.4 is 27.2 Å². The fourth-order valence-electron chi connectivity index (χ4n) is 3.21. The molecular weight excluding hydrogens is 441 g/mol. The molecule has 0 fully saturated rings. The summed E-state index contributed by atoms with van der Waals surface area (Å²) in [5.74, 6) is 0.157. The van der Waals surface area contributed by atoms with Crippen LogP contribution in [0, 0.1) is 11.8 Å². The number of rotatable bonds is 9. The second kappa shape index (κ2) is 10.7. The van der Waals surface area contributed by atoms with Gasteiger partial charge in [0.05, 0.1) is 10.7 Å². The van der Waals surface area contributed by atoms with Gasteiger partial charge >= 0.3 is 5.69 Å². The molecule has 0 aliphatic carbocycles. The number of H-pyrrole nitrogens is 1. The van der Waals surface area contributed by atoms with E-state index in [0.717, 1.165) is 0 Å². The average Bonchev–Trinajstić information content (AvgIpc) is 2.65. The number of nitrogens with one attached hydrogen (secondary N) is 2. The van der Waals surface area contributed by atoms with E-state index in [-0.39, 0.29) is 42.2 Å². The number of anilines is 3. The lowest BCUT2D eigenvalue weighted by molar-refractivity contribution is -0.116. The molecule has 0 atom stereocenters. The molecule has 31 heavy (non-hydrogen) atoms. The van der Waals surface area contributed by atoms with Gasteiger partial charge < -0.3 is 16.0 Å². The molecule has 0 radical (unpaired) electrons. The van der Waals surface area contributed by atoms with Gasteiger partial charge in [-0.2, -0.15) is 0 Å². The maximum Gasteiger partial charge on any atom is 0.330 e. The van der Waals surface area contributed by atoms with Gasteiger partial charge in [0.1, 0.15) is 11.5 Å². The molecule has 0 aliphatic rings. The largest absolute Gasteiger partial charge is 0.383 e. The molecule has 10 heteroatoms. The Balaban J connectivity index is 2.28. The van der Waals surface area contributed by atoms with Gasteiger partial charge in [0.2, 0.25) is 5.91 Å². The van der Waals surface area contributed by atoms with Crippen molar-refractivity contribution in [3.8, 4) is 0 Å².